The molecular weight excluding hydrogens is 331 g/mol. The molecule has 2 fully saturated rings. The average Bonchev–Trinajstić information content (AvgIpc) is 2.78. The molecule has 0 aromatic carbocycles. The minimum absolute atomic E-state index is 0.139. The van der Waals surface area contributed by atoms with Crippen LogP contribution in [0, 0.1) is 5.92 Å². The fourth-order valence-corrected chi connectivity index (χ4v) is 3.71. The summed E-state index contributed by atoms with van der Waals surface area (Å²) in [5.74, 6) is 1.23. The average molecular weight is 355 g/mol. The van der Waals surface area contributed by atoms with Gasteiger partial charge in [0, 0.05) is 38.8 Å². The highest BCUT2D eigenvalue weighted by molar-refractivity contribution is 5.77. The molecule has 4 nitrogen and oxygen atoms in total. The lowest BCUT2D eigenvalue weighted by Gasteiger charge is -2.29. The molecule has 1 amide bonds. The van der Waals surface area contributed by atoms with Gasteiger partial charge < -0.3 is 9.80 Å². The predicted octanol–water partition coefficient (Wildman–Crippen LogP) is 3.72. The molecular formula is C18H24F3N3O. The maximum atomic E-state index is 12.6. The Bertz CT molecular complexity index is 582. The van der Waals surface area contributed by atoms with Gasteiger partial charge >= 0.3 is 6.18 Å². The van der Waals surface area contributed by atoms with Crippen LogP contribution in [0.15, 0.2) is 18.3 Å². The molecule has 25 heavy (non-hydrogen) atoms. The molecule has 1 aromatic heterocycles. The van der Waals surface area contributed by atoms with Crippen LogP contribution in [0.3, 0.4) is 0 Å². The first-order valence-electron chi connectivity index (χ1n) is 8.99. The van der Waals surface area contributed by atoms with Gasteiger partial charge in [-0.15, -0.1) is 0 Å². The second kappa shape index (κ2) is 7.62. The lowest BCUT2D eigenvalue weighted by Crippen LogP contribution is -2.37. The van der Waals surface area contributed by atoms with Gasteiger partial charge in [0.1, 0.15) is 5.82 Å². The zero-order valence-corrected chi connectivity index (χ0v) is 14.3. The van der Waals surface area contributed by atoms with Crippen LogP contribution < -0.4 is 4.90 Å². The van der Waals surface area contributed by atoms with Crippen LogP contribution in [0.5, 0.6) is 0 Å². The number of halogens is 3. The molecule has 1 aliphatic heterocycles. The minimum Gasteiger partial charge on any atom is -0.354 e. The van der Waals surface area contributed by atoms with Crippen LogP contribution in [-0.4, -0.2) is 42.0 Å². The molecule has 0 atom stereocenters. The van der Waals surface area contributed by atoms with Crippen molar-refractivity contribution in [3.8, 4) is 0 Å². The Morgan fingerprint density at radius 1 is 1.08 bits per heavy atom. The number of aromatic nitrogens is 1. The summed E-state index contributed by atoms with van der Waals surface area (Å²) in [6.07, 6.45) is 3.02. The molecule has 0 N–H and O–H groups in total. The van der Waals surface area contributed by atoms with Crippen molar-refractivity contribution in [3.05, 3.63) is 23.9 Å². The number of carbonyl (C=O) groups excluding carboxylic acids is 1. The fourth-order valence-electron chi connectivity index (χ4n) is 3.71. The van der Waals surface area contributed by atoms with E-state index >= 15 is 0 Å². The van der Waals surface area contributed by atoms with E-state index in [9.17, 15) is 18.0 Å². The summed E-state index contributed by atoms with van der Waals surface area (Å²) < 4.78 is 37.9. The molecule has 138 valence electrons. The van der Waals surface area contributed by atoms with E-state index in [1.54, 1.807) is 0 Å². The Balaban J connectivity index is 1.61. The lowest BCUT2D eigenvalue weighted by atomic mass is 9.89. The van der Waals surface area contributed by atoms with Crippen molar-refractivity contribution in [2.24, 2.45) is 5.92 Å². The van der Waals surface area contributed by atoms with E-state index in [4.69, 9.17) is 0 Å². The van der Waals surface area contributed by atoms with E-state index in [2.05, 4.69) is 4.98 Å². The van der Waals surface area contributed by atoms with Gasteiger partial charge in [0.05, 0.1) is 5.56 Å². The normalized spacial score (nSPS) is 20.7. The van der Waals surface area contributed by atoms with Gasteiger partial charge in [0.25, 0.3) is 0 Å². The highest BCUT2D eigenvalue weighted by Crippen LogP contribution is 2.30. The van der Waals surface area contributed by atoms with Gasteiger partial charge in [-0.25, -0.2) is 4.98 Å². The number of hydrogen-bond acceptors (Lipinski definition) is 3. The first kappa shape index (κ1) is 18.0. The second-order valence-corrected chi connectivity index (χ2v) is 6.98. The highest BCUT2D eigenvalue weighted by Gasteiger charge is 2.31. The molecule has 0 spiro atoms. The number of alkyl halides is 3. The smallest absolute Gasteiger partial charge is 0.354 e. The van der Waals surface area contributed by atoms with Crippen molar-refractivity contribution in [1.29, 1.82) is 0 Å². The van der Waals surface area contributed by atoms with Gasteiger partial charge in [-0.3, -0.25) is 4.79 Å². The SMILES string of the molecule is O=C1CCN(c2ccc(C(F)(F)F)cn2)CCN1CC1CCCCC1. The van der Waals surface area contributed by atoms with Crippen LogP contribution in [0.25, 0.3) is 0 Å². The molecule has 1 saturated heterocycles. The quantitative estimate of drug-likeness (QED) is 0.829. The van der Waals surface area contributed by atoms with Crippen LogP contribution in [0.1, 0.15) is 44.1 Å². The third-order valence-corrected chi connectivity index (χ3v) is 5.19. The van der Waals surface area contributed by atoms with Crippen LogP contribution in [0.2, 0.25) is 0 Å². The molecule has 7 heteroatoms. The molecule has 1 saturated carbocycles. The third-order valence-electron chi connectivity index (χ3n) is 5.19. The summed E-state index contributed by atoms with van der Waals surface area (Å²) in [5, 5.41) is 0. The number of amides is 1. The topological polar surface area (TPSA) is 36.4 Å². The van der Waals surface area contributed by atoms with Gasteiger partial charge in [0.15, 0.2) is 0 Å². The first-order chi connectivity index (χ1) is 11.9. The van der Waals surface area contributed by atoms with Crippen molar-refractivity contribution in [1.82, 2.24) is 9.88 Å². The number of hydrogen-bond donors (Lipinski definition) is 0. The zero-order chi connectivity index (χ0) is 17.9. The van der Waals surface area contributed by atoms with E-state index in [1.807, 2.05) is 9.80 Å². The molecule has 0 bridgehead atoms. The molecule has 2 aliphatic rings. The maximum absolute atomic E-state index is 12.6. The van der Waals surface area contributed by atoms with E-state index in [0.717, 1.165) is 18.8 Å². The van der Waals surface area contributed by atoms with Crippen molar-refractivity contribution >= 4 is 11.7 Å². The summed E-state index contributed by atoms with van der Waals surface area (Å²) >= 11 is 0. The number of nitrogens with zero attached hydrogens (tertiary/aromatic N) is 3. The second-order valence-electron chi connectivity index (χ2n) is 6.98. The number of rotatable bonds is 3. The number of anilines is 1. The Hall–Kier alpha value is -1.79. The standard InChI is InChI=1S/C18H24F3N3O/c19-18(20,21)15-6-7-16(22-12-15)23-9-8-17(25)24(11-10-23)13-14-4-2-1-3-5-14/h6-7,12,14H,1-5,8-11,13H2. The lowest BCUT2D eigenvalue weighted by molar-refractivity contribution is -0.137. The number of carbonyl (C=O) groups is 1. The summed E-state index contributed by atoms with van der Waals surface area (Å²) in [4.78, 5) is 20.2. The monoisotopic (exact) mass is 355 g/mol. The summed E-state index contributed by atoms with van der Waals surface area (Å²) in [6.45, 7) is 2.53. The molecule has 0 radical (unpaired) electrons. The summed E-state index contributed by atoms with van der Waals surface area (Å²) in [5.41, 5.74) is -0.749. The largest absolute Gasteiger partial charge is 0.417 e. The summed E-state index contributed by atoms with van der Waals surface area (Å²) in [6, 6.07) is 2.44. The highest BCUT2D eigenvalue weighted by atomic mass is 19.4. The summed E-state index contributed by atoms with van der Waals surface area (Å²) in [7, 11) is 0. The van der Waals surface area contributed by atoms with Gasteiger partial charge in [-0.2, -0.15) is 13.2 Å². The van der Waals surface area contributed by atoms with Crippen molar-refractivity contribution in [2.75, 3.05) is 31.1 Å². The van der Waals surface area contributed by atoms with Gasteiger partial charge in [-0.1, -0.05) is 19.3 Å². The van der Waals surface area contributed by atoms with E-state index < -0.39 is 11.7 Å². The number of pyridine rings is 1. The molecule has 3 rings (SSSR count). The van der Waals surface area contributed by atoms with E-state index in [-0.39, 0.29) is 5.91 Å². The van der Waals surface area contributed by atoms with Crippen molar-refractivity contribution in [2.45, 2.75) is 44.7 Å². The third kappa shape index (κ3) is 4.64. The van der Waals surface area contributed by atoms with E-state index in [0.29, 0.717) is 37.8 Å². The Labute approximate surface area is 146 Å². The first-order valence-corrected chi connectivity index (χ1v) is 8.99. The van der Waals surface area contributed by atoms with E-state index in [1.165, 1.54) is 38.2 Å². The molecule has 1 aromatic rings. The molecule has 2 heterocycles. The van der Waals surface area contributed by atoms with Crippen LogP contribution in [0.4, 0.5) is 19.0 Å². The fraction of sp³-hybridized carbons (Fsp3) is 0.667. The van der Waals surface area contributed by atoms with Crippen LogP contribution >= 0.6 is 0 Å². The molecule has 1 aliphatic carbocycles. The predicted molar refractivity (Wildman–Crippen MR) is 89.2 cm³/mol. The van der Waals surface area contributed by atoms with Crippen molar-refractivity contribution in [3.63, 3.8) is 0 Å². The van der Waals surface area contributed by atoms with Gasteiger partial charge in [0.2, 0.25) is 5.91 Å². The van der Waals surface area contributed by atoms with Gasteiger partial charge in [-0.05, 0) is 30.9 Å². The Kier molecular flexibility index (Phi) is 5.49. The van der Waals surface area contributed by atoms with Crippen molar-refractivity contribution < 1.29 is 18.0 Å². The maximum Gasteiger partial charge on any atom is 0.417 e. The molecule has 0 unspecified atom stereocenters. The zero-order valence-electron chi connectivity index (χ0n) is 14.3. The minimum atomic E-state index is -4.38. The van der Waals surface area contributed by atoms with Crippen LogP contribution in [-0.2, 0) is 11.0 Å². The Morgan fingerprint density at radius 2 is 1.84 bits per heavy atom. The Morgan fingerprint density at radius 3 is 2.48 bits per heavy atom.